The van der Waals surface area contributed by atoms with Gasteiger partial charge in [0.2, 0.25) is 0 Å². The molecule has 0 aliphatic rings. The van der Waals surface area contributed by atoms with Gasteiger partial charge < -0.3 is 5.73 Å². The van der Waals surface area contributed by atoms with Crippen molar-refractivity contribution >= 4 is 29.1 Å². The predicted octanol–water partition coefficient (Wildman–Crippen LogP) is 3.82. The van der Waals surface area contributed by atoms with Crippen LogP contribution in [0.2, 0.25) is 5.02 Å². The molecule has 0 unspecified atom stereocenters. The summed E-state index contributed by atoms with van der Waals surface area (Å²) in [5.41, 5.74) is 10.0. The molecule has 102 valence electrons. The van der Waals surface area contributed by atoms with Crippen molar-refractivity contribution in [3.05, 3.63) is 40.2 Å². The third-order valence-electron chi connectivity index (χ3n) is 3.04. The zero-order valence-electron chi connectivity index (χ0n) is 11.4. The van der Waals surface area contributed by atoms with Gasteiger partial charge in [-0.25, -0.2) is 0 Å². The van der Waals surface area contributed by atoms with Crippen LogP contribution in [0.4, 0.5) is 5.69 Å². The normalized spacial score (nSPS) is 10.9. The fraction of sp³-hybridized carbons (Fsp3) is 0.357. The minimum atomic E-state index is 0.774. The molecule has 1 heterocycles. The van der Waals surface area contributed by atoms with Gasteiger partial charge >= 0.3 is 0 Å². The molecule has 5 heteroatoms. The fourth-order valence-electron chi connectivity index (χ4n) is 1.89. The molecule has 0 bridgehead atoms. The molecule has 0 atom stereocenters. The number of anilines is 1. The standard InChI is InChI=1S/C14H18ClN3S/c1-4-11-14(15)12(18(3)17-11)8-19-13-7-9(2)5-6-10(13)16/h5-7H,4,8,16H2,1-3H3. The Bertz CT molecular complexity index is 593. The summed E-state index contributed by atoms with van der Waals surface area (Å²) in [6.45, 7) is 4.12. The molecule has 2 rings (SSSR count). The number of benzene rings is 1. The van der Waals surface area contributed by atoms with Crippen LogP contribution in [-0.2, 0) is 19.2 Å². The first-order chi connectivity index (χ1) is 9.02. The molecule has 0 aliphatic heterocycles. The second kappa shape index (κ2) is 5.88. The van der Waals surface area contributed by atoms with Crippen LogP contribution in [0, 0.1) is 6.92 Å². The Kier molecular flexibility index (Phi) is 4.42. The van der Waals surface area contributed by atoms with Gasteiger partial charge in [-0.2, -0.15) is 5.10 Å². The zero-order valence-corrected chi connectivity index (χ0v) is 13.0. The first kappa shape index (κ1) is 14.3. The Morgan fingerprint density at radius 3 is 2.79 bits per heavy atom. The average molecular weight is 296 g/mol. The molecule has 2 N–H and O–H groups in total. The Hall–Kier alpha value is -1.13. The van der Waals surface area contributed by atoms with Gasteiger partial charge in [-0.3, -0.25) is 4.68 Å². The minimum absolute atomic E-state index is 0.774. The van der Waals surface area contributed by atoms with E-state index in [1.807, 2.05) is 23.9 Å². The van der Waals surface area contributed by atoms with Crippen LogP contribution in [0.3, 0.4) is 0 Å². The van der Waals surface area contributed by atoms with Crippen molar-refractivity contribution in [1.29, 1.82) is 0 Å². The van der Waals surface area contributed by atoms with Crippen LogP contribution in [0.25, 0.3) is 0 Å². The quantitative estimate of drug-likeness (QED) is 0.689. The van der Waals surface area contributed by atoms with Crippen molar-refractivity contribution in [1.82, 2.24) is 9.78 Å². The van der Waals surface area contributed by atoms with Crippen molar-refractivity contribution < 1.29 is 0 Å². The van der Waals surface area contributed by atoms with Gasteiger partial charge in [-0.05, 0) is 31.0 Å². The van der Waals surface area contributed by atoms with Crippen molar-refractivity contribution in [3.8, 4) is 0 Å². The molecular weight excluding hydrogens is 278 g/mol. The van der Waals surface area contributed by atoms with Crippen molar-refractivity contribution in [3.63, 3.8) is 0 Å². The first-order valence-corrected chi connectivity index (χ1v) is 7.58. The zero-order chi connectivity index (χ0) is 14.0. The van der Waals surface area contributed by atoms with Crippen LogP contribution in [0.15, 0.2) is 23.1 Å². The average Bonchev–Trinajstić information content (AvgIpc) is 2.66. The maximum atomic E-state index is 6.34. The molecule has 0 saturated heterocycles. The van der Waals surface area contributed by atoms with Gasteiger partial charge in [0, 0.05) is 23.4 Å². The van der Waals surface area contributed by atoms with Gasteiger partial charge in [0.05, 0.1) is 16.4 Å². The molecule has 0 radical (unpaired) electrons. The maximum Gasteiger partial charge on any atom is 0.0858 e. The monoisotopic (exact) mass is 295 g/mol. The highest BCUT2D eigenvalue weighted by atomic mass is 35.5. The lowest BCUT2D eigenvalue weighted by Crippen LogP contribution is -1.97. The van der Waals surface area contributed by atoms with E-state index in [4.69, 9.17) is 17.3 Å². The molecule has 19 heavy (non-hydrogen) atoms. The number of halogens is 1. The third kappa shape index (κ3) is 3.07. The Balaban J connectivity index is 2.19. The van der Waals surface area contributed by atoms with E-state index in [-0.39, 0.29) is 0 Å². The van der Waals surface area contributed by atoms with E-state index in [0.29, 0.717) is 0 Å². The summed E-state index contributed by atoms with van der Waals surface area (Å²) in [6, 6.07) is 6.07. The van der Waals surface area contributed by atoms with Gasteiger partial charge in [0.15, 0.2) is 0 Å². The van der Waals surface area contributed by atoms with Crippen LogP contribution >= 0.6 is 23.4 Å². The summed E-state index contributed by atoms with van der Waals surface area (Å²) in [6.07, 6.45) is 0.851. The predicted molar refractivity (Wildman–Crippen MR) is 82.7 cm³/mol. The van der Waals surface area contributed by atoms with Gasteiger partial charge in [0.1, 0.15) is 0 Å². The number of rotatable bonds is 4. The molecule has 3 nitrogen and oxygen atoms in total. The van der Waals surface area contributed by atoms with Crippen LogP contribution < -0.4 is 5.73 Å². The van der Waals surface area contributed by atoms with Gasteiger partial charge in [-0.15, -0.1) is 11.8 Å². The lowest BCUT2D eigenvalue weighted by atomic mass is 10.2. The number of aromatic nitrogens is 2. The number of nitrogen functional groups attached to an aromatic ring is 1. The molecule has 1 aromatic carbocycles. The van der Waals surface area contributed by atoms with Crippen molar-refractivity contribution in [2.24, 2.45) is 7.05 Å². The number of hydrogen-bond acceptors (Lipinski definition) is 3. The number of thioether (sulfide) groups is 1. The Labute approximate surface area is 123 Å². The van der Waals surface area contributed by atoms with Crippen LogP contribution in [0.1, 0.15) is 23.9 Å². The molecular formula is C14H18ClN3S. The fourth-order valence-corrected chi connectivity index (χ4v) is 3.46. The largest absolute Gasteiger partial charge is 0.398 e. The van der Waals surface area contributed by atoms with Crippen LogP contribution in [-0.4, -0.2) is 9.78 Å². The SMILES string of the molecule is CCc1nn(C)c(CSc2cc(C)ccc2N)c1Cl. The topological polar surface area (TPSA) is 43.8 Å². The third-order valence-corrected chi connectivity index (χ3v) is 4.56. The summed E-state index contributed by atoms with van der Waals surface area (Å²) in [7, 11) is 1.93. The molecule has 2 aromatic rings. The van der Waals surface area contributed by atoms with E-state index in [0.717, 1.165) is 39.2 Å². The highest BCUT2D eigenvalue weighted by Gasteiger charge is 2.13. The highest BCUT2D eigenvalue weighted by Crippen LogP contribution is 2.32. The molecule has 0 aliphatic carbocycles. The van der Waals surface area contributed by atoms with Gasteiger partial charge in [0.25, 0.3) is 0 Å². The maximum absolute atomic E-state index is 6.34. The summed E-state index contributed by atoms with van der Waals surface area (Å²) in [5, 5.41) is 5.20. The first-order valence-electron chi connectivity index (χ1n) is 6.22. The molecule has 0 spiro atoms. The lowest BCUT2D eigenvalue weighted by Gasteiger charge is -2.07. The van der Waals surface area contributed by atoms with E-state index < -0.39 is 0 Å². The summed E-state index contributed by atoms with van der Waals surface area (Å²) in [5.74, 6) is 0.774. The molecule has 0 amide bonds. The van der Waals surface area contributed by atoms with E-state index in [1.165, 1.54) is 5.56 Å². The molecule has 0 fully saturated rings. The van der Waals surface area contributed by atoms with Crippen molar-refractivity contribution in [2.45, 2.75) is 30.9 Å². The summed E-state index contributed by atoms with van der Waals surface area (Å²) >= 11 is 8.04. The number of nitrogens with zero attached hydrogens (tertiary/aromatic N) is 2. The lowest BCUT2D eigenvalue weighted by molar-refractivity contribution is 0.720. The summed E-state index contributed by atoms with van der Waals surface area (Å²) in [4.78, 5) is 1.09. The van der Waals surface area contributed by atoms with E-state index in [1.54, 1.807) is 11.8 Å². The molecule has 1 aromatic heterocycles. The van der Waals surface area contributed by atoms with Gasteiger partial charge in [-0.1, -0.05) is 24.6 Å². The Morgan fingerprint density at radius 2 is 2.16 bits per heavy atom. The summed E-state index contributed by atoms with van der Waals surface area (Å²) < 4.78 is 1.86. The van der Waals surface area contributed by atoms with E-state index in [2.05, 4.69) is 25.0 Å². The second-order valence-electron chi connectivity index (χ2n) is 4.51. The van der Waals surface area contributed by atoms with E-state index >= 15 is 0 Å². The second-order valence-corrected chi connectivity index (χ2v) is 5.91. The highest BCUT2D eigenvalue weighted by molar-refractivity contribution is 7.98. The number of aryl methyl sites for hydroxylation is 3. The number of hydrogen-bond donors (Lipinski definition) is 1. The number of nitrogens with two attached hydrogens (primary N) is 1. The molecule has 0 saturated carbocycles. The van der Waals surface area contributed by atoms with E-state index in [9.17, 15) is 0 Å². The Morgan fingerprint density at radius 1 is 1.42 bits per heavy atom. The smallest absolute Gasteiger partial charge is 0.0858 e. The van der Waals surface area contributed by atoms with Crippen molar-refractivity contribution in [2.75, 3.05) is 5.73 Å². The van der Waals surface area contributed by atoms with Crippen LogP contribution in [0.5, 0.6) is 0 Å². The minimum Gasteiger partial charge on any atom is -0.398 e.